The van der Waals surface area contributed by atoms with Gasteiger partial charge in [0.2, 0.25) is 5.88 Å². The Morgan fingerprint density at radius 1 is 1.14 bits per heavy atom. The van der Waals surface area contributed by atoms with Crippen molar-refractivity contribution in [1.82, 2.24) is 9.97 Å². The van der Waals surface area contributed by atoms with Crippen LogP contribution in [0.4, 0.5) is 0 Å². The Labute approximate surface area is 145 Å². The van der Waals surface area contributed by atoms with E-state index in [1.165, 1.54) is 6.33 Å². The van der Waals surface area contributed by atoms with E-state index in [0.29, 0.717) is 22.5 Å². The number of aromatic nitrogens is 2. The average molecular weight is 437 g/mol. The Hall–Kier alpha value is -0.850. The summed E-state index contributed by atoms with van der Waals surface area (Å²) in [6, 6.07) is 3.64. The molecule has 2 aromatic rings. The molecule has 0 aliphatic carbocycles. The van der Waals surface area contributed by atoms with Crippen molar-refractivity contribution in [2.75, 3.05) is 7.11 Å². The van der Waals surface area contributed by atoms with Gasteiger partial charge in [0, 0.05) is 0 Å². The Morgan fingerprint density at radius 2 is 1.81 bits per heavy atom. The molecule has 2 rings (SSSR count). The number of hydrogen-bond donors (Lipinski definition) is 0. The predicted octanol–water partition coefficient (Wildman–Crippen LogP) is 5.41. The highest BCUT2D eigenvalue weighted by Crippen LogP contribution is 2.39. The first-order valence-electron chi connectivity index (χ1n) is 6.27. The van der Waals surface area contributed by atoms with Gasteiger partial charge in [0.15, 0.2) is 0 Å². The van der Waals surface area contributed by atoms with E-state index in [-0.39, 0.29) is 0 Å². The largest absolute Gasteiger partial charge is 0.496 e. The fraction of sp³-hybridized carbons (Fsp3) is 0.286. The van der Waals surface area contributed by atoms with E-state index < -0.39 is 0 Å². The lowest BCUT2D eigenvalue weighted by atomic mass is 10.2. The van der Waals surface area contributed by atoms with Gasteiger partial charge in [0.05, 0.1) is 21.6 Å². The van der Waals surface area contributed by atoms with E-state index in [1.54, 1.807) is 7.11 Å². The second-order valence-electron chi connectivity index (χ2n) is 4.22. The van der Waals surface area contributed by atoms with Crippen LogP contribution in [-0.4, -0.2) is 17.1 Å². The zero-order valence-corrected chi connectivity index (χ0v) is 15.4. The molecule has 0 amide bonds. The van der Waals surface area contributed by atoms with Crippen molar-refractivity contribution in [3.05, 3.63) is 38.1 Å². The third-order valence-corrected chi connectivity index (χ3v) is 4.33. The van der Waals surface area contributed by atoms with Crippen LogP contribution in [-0.2, 0) is 6.42 Å². The van der Waals surface area contributed by atoms with Gasteiger partial charge in [-0.1, -0.05) is 24.9 Å². The number of rotatable bonds is 5. The van der Waals surface area contributed by atoms with Gasteiger partial charge in [-0.05, 0) is 50.4 Å². The fourth-order valence-electron chi connectivity index (χ4n) is 1.77. The van der Waals surface area contributed by atoms with Crippen LogP contribution >= 0.6 is 43.5 Å². The summed E-state index contributed by atoms with van der Waals surface area (Å²) in [6.07, 6.45) is 3.07. The molecule has 112 valence electrons. The molecule has 21 heavy (non-hydrogen) atoms. The summed E-state index contributed by atoms with van der Waals surface area (Å²) in [6.45, 7) is 2.06. The maximum absolute atomic E-state index is 6.12. The van der Waals surface area contributed by atoms with E-state index in [1.807, 2.05) is 12.1 Å². The van der Waals surface area contributed by atoms with Gasteiger partial charge in [-0.2, -0.15) is 0 Å². The van der Waals surface area contributed by atoms with Crippen molar-refractivity contribution in [2.24, 2.45) is 0 Å². The molecule has 0 radical (unpaired) electrons. The van der Waals surface area contributed by atoms with E-state index in [4.69, 9.17) is 21.1 Å². The molecule has 0 spiro atoms. The minimum Gasteiger partial charge on any atom is -0.496 e. The molecule has 0 aliphatic heterocycles. The molecule has 7 heteroatoms. The lowest BCUT2D eigenvalue weighted by molar-refractivity contribution is 0.408. The van der Waals surface area contributed by atoms with Crippen molar-refractivity contribution < 1.29 is 9.47 Å². The summed E-state index contributed by atoms with van der Waals surface area (Å²) < 4.78 is 12.7. The first-order valence-corrected chi connectivity index (χ1v) is 8.23. The van der Waals surface area contributed by atoms with Crippen LogP contribution in [0.15, 0.2) is 27.4 Å². The zero-order chi connectivity index (χ0) is 15.4. The monoisotopic (exact) mass is 434 g/mol. The van der Waals surface area contributed by atoms with E-state index in [9.17, 15) is 0 Å². The van der Waals surface area contributed by atoms with Gasteiger partial charge in [0.25, 0.3) is 0 Å². The predicted molar refractivity (Wildman–Crippen MR) is 89.5 cm³/mol. The third-order valence-electron chi connectivity index (χ3n) is 2.77. The summed E-state index contributed by atoms with van der Waals surface area (Å²) in [5.74, 6) is 1.80. The van der Waals surface area contributed by atoms with Gasteiger partial charge >= 0.3 is 0 Å². The van der Waals surface area contributed by atoms with Crippen LogP contribution in [0.5, 0.6) is 17.4 Å². The van der Waals surface area contributed by atoms with Gasteiger partial charge in [-0.3, -0.25) is 0 Å². The molecule has 0 unspecified atom stereocenters. The average Bonchev–Trinajstić information content (AvgIpc) is 2.46. The Morgan fingerprint density at radius 3 is 2.48 bits per heavy atom. The summed E-state index contributed by atoms with van der Waals surface area (Å²) in [5.41, 5.74) is 0.806. The molecule has 0 atom stereocenters. The highest BCUT2D eigenvalue weighted by molar-refractivity contribution is 9.11. The zero-order valence-electron chi connectivity index (χ0n) is 11.5. The quantitative estimate of drug-likeness (QED) is 0.588. The van der Waals surface area contributed by atoms with Crippen LogP contribution in [0.1, 0.15) is 18.9 Å². The SMILES string of the molecule is CCCc1c(Cl)ncnc1Oc1cc(Br)c(OC)cc1Br. The first kappa shape index (κ1) is 16.5. The maximum atomic E-state index is 6.12. The Kier molecular flexibility index (Phi) is 5.84. The summed E-state index contributed by atoms with van der Waals surface area (Å²) in [4.78, 5) is 8.18. The summed E-state index contributed by atoms with van der Waals surface area (Å²) in [7, 11) is 1.61. The lowest BCUT2D eigenvalue weighted by Gasteiger charge is -2.13. The number of hydrogen-bond acceptors (Lipinski definition) is 4. The molecule has 0 aliphatic rings. The second kappa shape index (κ2) is 7.42. The molecule has 0 fully saturated rings. The molecule has 0 saturated carbocycles. The van der Waals surface area contributed by atoms with Crippen molar-refractivity contribution in [3.8, 4) is 17.4 Å². The van der Waals surface area contributed by atoms with Crippen molar-refractivity contribution in [3.63, 3.8) is 0 Å². The highest BCUT2D eigenvalue weighted by Gasteiger charge is 2.14. The van der Waals surface area contributed by atoms with E-state index in [0.717, 1.165) is 27.4 Å². The molecular formula is C14H13Br2ClN2O2. The minimum atomic E-state index is 0.422. The minimum absolute atomic E-state index is 0.422. The smallest absolute Gasteiger partial charge is 0.227 e. The summed E-state index contributed by atoms with van der Waals surface area (Å²) >= 11 is 13.0. The van der Waals surface area contributed by atoms with Crippen LogP contribution in [0.2, 0.25) is 5.15 Å². The Bertz CT molecular complexity index is 653. The number of ether oxygens (including phenoxy) is 2. The third kappa shape index (κ3) is 3.87. The molecule has 4 nitrogen and oxygen atoms in total. The normalized spacial score (nSPS) is 10.5. The Balaban J connectivity index is 2.39. The van der Waals surface area contributed by atoms with Crippen LogP contribution in [0.25, 0.3) is 0 Å². The number of nitrogens with zero attached hydrogens (tertiary/aromatic N) is 2. The van der Waals surface area contributed by atoms with Gasteiger partial charge in [-0.15, -0.1) is 0 Å². The standard InChI is InChI=1S/C14H13Br2ClN2O2/c1-3-4-8-13(17)18-7-19-14(8)21-12-6-9(15)11(20-2)5-10(12)16/h5-7H,3-4H2,1-2H3. The highest BCUT2D eigenvalue weighted by atomic mass is 79.9. The van der Waals surface area contributed by atoms with Crippen molar-refractivity contribution in [1.29, 1.82) is 0 Å². The molecule has 0 bridgehead atoms. The van der Waals surface area contributed by atoms with Crippen molar-refractivity contribution in [2.45, 2.75) is 19.8 Å². The number of benzene rings is 1. The molecule has 1 heterocycles. The number of halogens is 3. The molecule has 1 aromatic carbocycles. The van der Waals surface area contributed by atoms with Gasteiger partial charge < -0.3 is 9.47 Å². The van der Waals surface area contributed by atoms with Crippen LogP contribution in [0.3, 0.4) is 0 Å². The molecule has 0 saturated heterocycles. The van der Waals surface area contributed by atoms with E-state index >= 15 is 0 Å². The summed E-state index contributed by atoms with van der Waals surface area (Å²) in [5, 5.41) is 0.422. The van der Waals surface area contributed by atoms with Crippen LogP contribution < -0.4 is 9.47 Å². The van der Waals surface area contributed by atoms with Gasteiger partial charge in [-0.25, -0.2) is 9.97 Å². The second-order valence-corrected chi connectivity index (χ2v) is 6.28. The topological polar surface area (TPSA) is 44.2 Å². The van der Waals surface area contributed by atoms with Gasteiger partial charge in [0.1, 0.15) is 23.0 Å². The van der Waals surface area contributed by atoms with Crippen LogP contribution in [0, 0.1) is 0 Å². The molecule has 1 aromatic heterocycles. The molecule has 0 N–H and O–H groups in total. The first-order chi connectivity index (χ1) is 10.1. The lowest BCUT2D eigenvalue weighted by Crippen LogP contribution is -1.98. The number of methoxy groups -OCH3 is 1. The van der Waals surface area contributed by atoms with Crippen molar-refractivity contribution >= 4 is 43.5 Å². The van der Waals surface area contributed by atoms with E-state index in [2.05, 4.69) is 48.8 Å². The maximum Gasteiger partial charge on any atom is 0.227 e. The molecular weight excluding hydrogens is 423 g/mol. The fourth-order valence-corrected chi connectivity index (χ4v) is 2.88.